The van der Waals surface area contributed by atoms with Gasteiger partial charge in [0.25, 0.3) is 5.91 Å². The SMILES string of the molecule is CN(C(=O)CN1C(=O)COc2cc(Cl)c(Cl)cc21)C(CN1CCCC1)c1cccc(-c2ccoc2)c1. The van der Waals surface area contributed by atoms with E-state index >= 15 is 0 Å². The number of amides is 2. The number of carbonyl (C=O) groups excluding carboxylic acids is 2. The molecule has 0 spiro atoms. The third-order valence-electron chi connectivity index (χ3n) is 6.85. The zero-order valence-electron chi connectivity index (χ0n) is 20.0. The van der Waals surface area contributed by atoms with Crippen LogP contribution in [0.25, 0.3) is 11.1 Å². The summed E-state index contributed by atoms with van der Waals surface area (Å²) in [5.41, 5.74) is 3.48. The van der Waals surface area contributed by atoms with Crippen molar-refractivity contribution in [1.29, 1.82) is 0 Å². The molecule has 0 bridgehead atoms. The Kier molecular flexibility index (Phi) is 7.23. The number of anilines is 1. The predicted octanol–water partition coefficient (Wildman–Crippen LogP) is 5.27. The van der Waals surface area contributed by atoms with E-state index in [2.05, 4.69) is 11.0 Å². The number of fused-ring (bicyclic) bond motifs is 1. The van der Waals surface area contributed by atoms with Crippen molar-refractivity contribution in [1.82, 2.24) is 9.80 Å². The van der Waals surface area contributed by atoms with Crippen LogP contribution in [0.5, 0.6) is 5.75 Å². The van der Waals surface area contributed by atoms with E-state index < -0.39 is 0 Å². The van der Waals surface area contributed by atoms with E-state index in [0.29, 0.717) is 28.0 Å². The third-order valence-corrected chi connectivity index (χ3v) is 7.58. The van der Waals surface area contributed by atoms with Crippen LogP contribution in [0.4, 0.5) is 5.69 Å². The van der Waals surface area contributed by atoms with Gasteiger partial charge in [0.2, 0.25) is 5.91 Å². The zero-order valence-corrected chi connectivity index (χ0v) is 21.5. The molecule has 1 fully saturated rings. The number of rotatable bonds is 7. The molecule has 1 saturated heterocycles. The van der Waals surface area contributed by atoms with Crippen molar-refractivity contribution in [3.8, 4) is 16.9 Å². The number of hydrogen-bond acceptors (Lipinski definition) is 5. The Morgan fingerprint density at radius 3 is 2.61 bits per heavy atom. The molecule has 0 aliphatic carbocycles. The molecule has 2 amide bonds. The maximum atomic E-state index is 13.6. The summed E-state index contributed by atoms with van der Waals surface area (Å²) in [4.78, 5) is 31.9. The Balaban J connectivity index is 1.42. The van der Waals surface area contributed by atoms with Gasteiger partial charge in [-0.3, -0.25) is 14.5 Å². The van der Waals surface area contributed by atoms with E-state index in [1.54, 1.807) is 36.6 Å². The van der Waals surface area contributed by atoms with Crippen LogP contribution in [0, 0.1) is 0 Å². The molecule has 188 valence electrons. The Labute approximate surface area is 220 Å². The van der Waals surface area contributed by atoms with Gasteiger partial charge in [0, 0.05) is 25.2 Å². The number of benzene rings is 2. The van der Waals surface area contributed by atoms with Gasteiger partial charge in [-0.05, 0) is 55.3 Å². The molecular weight excluding hydrogens is 501 g/mol. The molecule has 36 heavy (non-hydrogen) atoms. The molecular formula is C27H27Cl2N3O4. The molecule has 2 aliphatic heterocycles. The number of nitrogens with zero attached hydrogens (tertiary/aromatic N) is 3. The summed E-state index contributed by atoms with van der Waals surface area (Å²) in [6.07, 6.45) is 5.67. The fourth-order valence-electron chi connectivity index (χ4n) is 4.81. The minimum atomic E-state index is -0.305. The molecule has 5 rings (SSSR count). The van der Waals surface area contributed by atoms with E-state index in [1.165, 1.54) is 4.90 Å². The van der Waals surface area contributed by atoms with E-state index in [0.717, 1.165) is 42.6 Å². The highest BCUT2D eigenvalue weighted by molar-refractivity contribution is 6.42. The lowest BCUT2D eigenvalue weighted by atomic mass is 9.99. The summed E-state index contributed by atoms with van der Waals surface area (Å²) in [6, 6.07) is 13.1. The van der Waals surface area contributed by atoms with Crippen LogP contribution in [0.3, 0.4) is 0 Å². The first-order valence-corrected chi connectivity index (χ1v) is 12.7. The van der Waals surface area contributed by atoms with E-state index in [4.69, 9.17) is 32.4 Å². The molecule has 2 aliphatic rings. The number of halogens is 2. The van der Waals surface area contributed by atoms with Crippen LogP contribution in [0.2, 0.25) is 10.0 Å². The third kappa shape index (κ3) is 5.09. The second kappa shape index (κ2) is 10.5. The Bertz CT molecular complexity index is 1260. The van der Waals surface area contributed by atoms with Gasteiger partial charge in [0.1, 0.15) is 12.3 Å². The largest absolute Gasteiger partial charge is 0.482 e. The molecule has 0 saturated carbocycles. The molecule has 3 heterocycles. The van der Waals surface area contributed by atoms with Crippen LogP contribution < -0.4 is 9.64 Å². The first-order chi connectivity index (χ1) is 17.4. The molecule has 0 radical (unpaired) electrons. The van der Waals surface area contributed by atoms with Gasteiger partial charge in [-0.1, -0.05) is 41.4 Å². The van der Waals surface area contributed by atoms with Crippen LogP contribution in [0.15, 0.2) is 59.4 Å². The maximum absolute atomic E-state index is 13.6. The number of likely N-dealkylation sites (tertiary alicyclic amines) is 1. The first-order valence-electron chi connectivity index (χ1n) is 11.9. The van der Waals surface area contributed by atoms with Crippen molar-refractivity contribution in [2.75, 3.05) is 44.7 Å². The minimum absolute atomic E-state index is 0.123. The summed E-state index contributed by atoms with van der Waals surface area (Å²) in [7, 11) is 1.80. The molecule has 1 atom stereocenters. The molecule has 2 aromatic carbocycles. The van der Waals surface area contributed by atoms with Crippen molar-refractivity contribution in [3.63, 3.8) is 0 Å². The molecule has 1 unspecified atom stereocenters. The van der Waals surface area contributed by atoms with Gasteiger partial charge in [0.15, 0.2) is 6.61 Å². The van der Waals surface area contributed by atoms with Crippen molar-refractivity contribution in [2.45, 2.75) is 18.9 Å². The van der Waals surface area contributed by atoms with Crippen molar-refractivity contribution in [3.05, 3.63) is 70.6 Å². The summed E-state index contributed by atoms with van der Waals surface area (Å²) < 4.78 is 10.8. The normalized spacial score (nSPS) is 16.5. The molecule has 9 heteroatoms. The van der Waals surface area contributed by atoms with Crippen molar-refractivity contribution in [2.24, 2.45) is 0 Å². The monoisotopic (exact) mass is 527 g/mol. The van der Waals surface area contributed by atoms with Gasteiger partial charge in [-0.2, -0.15) is 0 Å². The summed E-state index contributed by atoms with van der Waals surface area (Å²) in [5, 5.41) is 0.624. The Hall–Kier alpha value is -3.00. The van der Waals surface area contributed by atoms with Gasteiger partial charge < -0.3 is 19.0 Å². The van der Waals surface area contributed by atoms with Crippen LogP contribution in [-0.2, 0) is 9.59 Å². The lowest BCUT2D eigenvalue weighted by Gasteiger charge is -2.35. The molecule has 0 N–H and O–H groups in total. The number of carbonyl (C=O) groups is 2. The Morgan fingerprint density at radius 1 is 1.08 bits per heavy atom. The van der Waals surface area contributed by atoms with E-state index in [9.17, 15) is 9.59 Å². The highest BCUT2D eigenvalue weighted by atomic mass is 35.5. The highest BCUT2D eigenvalue weighted by Gasteiger charge is 2.32. The standard InChI is InChI=1S/C27H27Cl2N3O4/c1-30(26(33)15-32-23-12-21(28)22(29)13-25(23)36-17-27(32)34)24(14-31-8-2-3-9-31)19-6-4-5-18(11-19)20-7-10-35-16-20/h4-7,10-13,16,24H,2-3,8-9,14-15,17H2,1H3. The molecule has 7 nitrogen and oxygen atoms in total. The number of ether oxygens (including phenoxy) is 1. The van der Waals surface area contributed by atoms with Gasteiger partial charge >= 0.3 is 0 Å². The second-order valence-corrected chi connectivity index (χ2v) is 9.98. The average molecular weight is 528 g/mol. The fraction of sp³-hybridized carbons (Fsp3) is 0.333. The predicted molar refractivity (Wildman–Crippen MR) is 140 cm³/mol. The first kappa shape index (κ1) is 24.7. The van der Waals surface area contributed by atoms with Crippen LogP contribution in [-0.4, -0.2) is 61.4 Å². The van der Waals surface area contributed by atoms with Gasteiger partial charge in [-0.25, -0.2) is 0 Å². The number of likely N-dealkylation sites (N-methyl/N-ethyl adjacent to an activating group) is 1. The zero-order chi connectivity index (χ0) is 25.2. The summed E-state index contributed by atoms with van der Waals surface area (Å²) in [6.45, 7) is 2.45. The van der Waals surface area contributed by atoms with Gasteiger partial charge in [-0.15, -0.1) is 0 Å². The van der Waals surface area contributed by atoms with Gasteiger partial charge in [0.05, 0.1) is 34.3 Å². The fourth-order valence-corrected chi connectivity index (χ4v) is 5.12. The van der Waals surface area contributed by atoms with Crippen molar-refractivity contribution < 1.29 is 18.7 Å². The van der Waals surface area contributed by atoms with Crippen molar-refractivity contribution >= 4 is 40.7 Å². The topological polar surface area (TPSA) is 66.2 Å². The number of hydrogen-bond donors (Lipinski definition) is 0. The summed E-state index contributed by atoms with van der Waals surface area (Å²) in [5.74, 6) is -0.0539. The molecule has 3 aromatic rings. The smallest absolute Gasteiger partial charge is 0.265 e. The second-order valence-electron chi connectivity index (χ2n) is 9.17. The average Bonchev–Trinajstić information content (AvgIpc) is 3.60. The quantitative estimate of drug-likeness (QED) is 0.418. The highest BCUT2D eigenvalue weighted by Crippen LogP contribution is 2.39. The van der Waals surface area contributed by atoms with E-state index in [1.807, 2.05) is 24.3 Å². The maximum Gasteiger partial charge on any atom is 0.265 e. The number of furan rings is 1. The van der Waals surface area contributed by atoms with Crippen LogP contribution >= 0.6 is 23.2 Å². The minimum Gasteiger partial charge on any atom is -0.482 e. The summed E-state index contributed by atoms with van der Waals surface area (Å²) >= 11 is 12.3. The molecule has 1 aromatic heterocycles. The lowest BCUT2D eigenvalue weighted by Crippen LogP contribution is -2.47. The Morgan fingerprint density at radius 2 is 1.86 bits per heavy atom. The van der Waals surface area contributed by atoms with E-state index in [-0.39, 0.29) is 31.0 Å². The lowest BCUT2D eigenvalue weighted by molar-refractivity contribution is -0.133. The van der Waals surface area contributed by atoms with Crippen LogP contribution in [0.1, 0.15) is 24.4 Å².